The standard InChI is InChI=1S/C21H17N3OS/c25-19(12-17-9-4-8-15-10-5-11-22-20(15)17)23-13-18-14-26-21(24-18)16-6-2-1-3-7-16/h1-11,14H,12-13H2,(H,23,25). The number of aromatic nitrogens is 2. The summed E-state index contributed by atoms with van der Waals surface area (Å²) in [5.41, 5.74) is 3.78. The van der Waals surface area contributed by atoms with E-state index in [4.69, 9.17) is 0 Å². The van der Waals surface area contributed by atoms with Crippen LogP contribution in [0.5, 0.6) is 0 Å². The molecule has 0 unspecified atom stereocenters. The lowest BCUT2D eigenvalue weighted by Crippen LogP contribution is -2.24. The number of nitrogens with zero attached hydrogens (tertiary/aromatic N) is 2. The number of fused-ring (bicyclic) bond motifs is 1. The molecule has 0 saturated carbocycles. The van der Waals surface area contributed by atoms with Crippen molar-refractivity contribution in [3.05, 3.63) is 83.5 Å². The molecule has 1 N–H and O–H groups in total. The van der Waals surface area contributed by atoms with E-state index in [9.17, 15) is 4.79 Å². The largest absolute Gasteiger partial charge is 0.350 e. The van der Waals surface area contributed by atoms with Crippen molar-refractivity contribution in [2.24, 2.45) is 0 Å². The van der Waals surface area contributed by atoms with Crippen molar-refractivity contribution in [3.8, 4) is 10.6 Å². The average Bonchev–Trinajstić information content (AvgIpc) is 3.17. The summed E-state index contributed by atoms with van der Waals surface area (Å²) >= 11 is 1.59. The van der Waals surface area contributed by atoms with E-state index in [1.807, 2.05) is 66.0 Å². The number of thiazole rings is 1. The van der Waals surface area contributed by atoms with Crippen LogP contribution in [-0.4, -0.2) is 15.9 Å². The lowest BCUT2D eigenvalue weighted by atomic mass is 10.1. The highest BCUT2D eigenvalue weighted by atomic mass is 32.1. The zero-order chi connectivity index (χ0) is 17.8. The van der Waals surface area contributed by atoms with Crippen molar-refractivity contribution in [2.45, 2.75) is 13.0 Å². The van der Waals surface area contributed by atoms with Gasteiger partial charge in [-0.3, -0.25) is 9.78 Å². The molecule has 5 heteroatoms. The number of hydrogen-bond donors (Lipinski definition) is 1. The molecule has 4 rings (SSSR count). The topological polar surface area (TPSA) is 54.9 Å². The van der Waals surface area contributed by atoms with E-state index >= 15 is 0 Å². The smallest absolute Gasteiger partial charge is 0.224 e. The third kappa shape index (κ3) is 3.63. The van der Waals surface area contributed by atoms with Gasteiger partial charge in [0.2, 0.25) is 5.91 Å². The lowest BCUT2D eigenvalue weighted by Gasteiger charge is -2.06. The predicted molar refractivity (Wildman–Crippen MR) is 105 cm³/mol. The van der Waals surface area contributed by atoms with E-state index in [1.165, 1.54) is 0 Å². The SMILES string of the molecule is O=C(Cc1cccc2cccnc12)NCc1csc(-c2ccccc2)n1. The predicted octanol–water partition coefficient (Wildman–Crippen LogP) is 4.22. The molecule has 128 valence electrons. The molecule has 1 amide bonds. The Kier molecular flexibility index (Phi) is 4.71. The van der Waals surface area contributed by atoms with Crippen LogP contribution in [0.2, 0.25) is 0 Å². The van der Waals surface area contributed by atoms with Gasteiger partial charge in [0.15, 0.2) is 0 Å². The highest BCUT2D eigenvalue weighted by molar-refractivity contribution is 7.13. The quantitative estimate of drug-likeness (QED) is 0.580. The first-order chi connectivity index (χ1) is 12.8. The third-order valence-corrected chi connectivity index (χ3v) is 5.05. The number of amides is 1. The molecule has 0 aliphatic carbocycles. The van der Waals surface area contributed by atoms with Crippen molar-refractivity contribution in [3.63, 3.8) is 0 Å². The fraction of sp³-hybridized carbons (Fsp3) is 0.0952. The Bertz CT molecular complexity index is 1040. The molecule has 4 aromatic rings. The Morgan fingerprint density at radius 2 is 1.85 bits per heavy atom. The van der Waals surface area contributed by atoms with E-state index in [2.05, 4.69) is 15.3 Å². The molecular formula is C21H17N3OS. The van der Waals surface area contributed by atoms with Crippen molar-refractivity contribution < 1.29 is 4.79 Å². The molecule has 0 spiro atoms. The number of benzene rings is 2. The van der Waals surface area contributed by atoms with Crippen LogP contribution < -0.4 is 5.32 Å². The second-order valence-electron chi connectivity index (χ2n) is 5.96. The Morgan fingerprint density at radius 3 is 2.73 bits per heavy atom. The minimum atomic E-state index is -0.0302. The summed E-state index contributed by atoms with van der Waals surface area (Å²) in [6.07, 6.45) is 2.06. The van der Waals surface area contributed by atoms with Gasteiger partial charge in [0.05, 0.1) is 24.2 Å². The second kappa shape index (κ2) is 7.45. The highest BCUT2D eigenvalue weighted by Gasteiger charge is 2.09. The van der Waals surface area contributed by atoms with Gasteiger partial charge in [-0.2, -0.15) is 0 Å². The molecule has 4 nitrogen and oxygen atoms in total. The Hall–Kier alpha value is -3.05. The molecular weight excluding hydrogens is 342 g/mol. The molecule has 2 aromatic carbocycles. The maximum Gasteiger partial charge on any atom is 0.224 e. The van der Waals surface area contributed by atoms with Crippen molar-refractivity contribution in [1.29, 1.82) is 0 Å². The highest BCUT2D eigenvalue weighted by Crippen LogP contribution is 2.23. The first-order valence-electron chi connectivity index (χ1n) is 8.39. The third-order valence-electron chi connectivity index (χ3n) is 4.11. The summed E-state index contributed by atoms with van der Waals surface area (Å²) < 4.78 is 0. The number of hydrogen-bond acceptors (Lipinski definition) is 4. The minimum absolute atomic E-state index is 0.0302. The van der Waals surface area contributed by atoms with Gasteiger partial charge < -0.3 is 5.32 Å². The van der Waals surface area contributed by atoms with Crippen LogP contribution in [0.4, 0.5) is 0 Å². The Morgan fingerprint density at radius 1 is 1.00 bits per heavy atom. The maximum atomic E-state index is 12.3. The summed E-state index contributed by atoms with van der Waals surface area (Å²) in [6, 6.07) is 19.9. The van der Waals surface area contributed by atoms with Crippen LogP contribution in [0.1, 0.15) is 11.3 Å². The maximum absolute atomic E-state index is 12.3. The summed E-state index contributed by atoms with van der Waals surface area (Å²) in [7, 11) is 0. The molecule has 0 atom stereocenters. The monoisotopic (exact) mass is 359 g/mol. The number of rotatable bonds is 5. The van der Waals surface area contributed by atoms with Crippen LogP contribution in [0.3, 0.4) is 0 Å². The fourth-order valence-electron chi connectivity index (χ4n) is 2.84. The van der Waals surface area contributed by atoms with E-state index < -0.39 is 0 Å². The number of pyridine rings is 1. The van der Waals surface area contributed by atoms with Gasteiger partial charge in [0.1, 0.15) is 5.01 Å². The molecule has 2 aromatic heterocycles. The van der Waals surface area contributed by atoms with Crippen molar-refractivity contribution >= 4 is 28.1 Å². The van der Waals surface area contributed by atoms with E-state index in [0.717, 1.165) is 32.7 Å². The number of para-hydroxylation sites is 1. The summed E-state index contributed by atoms with van der Waals surface area (Å²) in [6.45, 7) is 0.431. The van der Waals surface area contributed by atoms with E-state index in [0.29, 0.717) is 13.0 Å². The molecule has 26 heavy (non-hydrogen) atoms. The zero-order valence-corrected chi connectivity index (χ0v) is 14.9. The van der Waals surface area contributed by atoms with Crippen LogP contribution >= 0.6 is 11.3 Å². The van der Waals surface area contributed by atoms with Crippen molar-refractivity contribution in [2.75, 3.05) is 0 Å². The molecule has 0 bridgehead atoms. The number of nitrogens with one attached hydrogen (secondary N) is 1. The Labute approximate surface area is 155 Å². The number of carbonyl (C=O) groups excluding carboxylic acids is 1. The van der Waals surface area contributed by atoms with Gasteiger partial charge in [0.25, 0.3) is 0 Å². The van der Waals surface area contributed by atoms with Gasteiger partial charge in [-0.05, 0) is 11.6 Å². The first-order valence-corrected chi connectivity index (χ1v) is 9.27. The molecule has 0 fully saturated rings. The van der Waals surface area contributed by atoms with Crippen LogP contribution in [0.25, 0.3) is 21.5 Å². The molecule has 0 aliphatic heterocycles. The molecule has 0 saturated heterocycles. The first kappa shape index (κ1) is 16.4. The number of carbonyl (C=O) groups is 1. The van der Waals surface area contributed by atoms with Gasteiger partial charge in [-0.15, -0.1) is 11.3 Å². The molecule has 2 heterocycles. The Balaban J connectivity index is 1.41. The average molecular weight is 359 g/mol. The van der Waals surface area contributed by atoms with Gasteiger partial charge in [-0.25, -0.2) is 4.98 Å². The second-order valence-corrected chi connectivity index (χ2v) is 6.81. The van der Waals surface area contributed by atoms with Gasteiger partial charge in [0, 0.05) is 22.5 Å². The van der Waals surface area contributed by atoms with E-state index in [1.54, 1.807) is 17.5 Å². The molecule has 0 radical (unpaired) electrons. The summed E-state index contributed by atoms with van der Waals surface area (Å²) in [5.74, 6) is -0.0302. The normalized spacial score (nSPS) is 10.8. The summed E-state index contributed by atoms with van der Waals surface area (Å²) in [4.78, 5) is 21.3. The zero-order valence-electron chi connectivity index (χ0n) is 14.1. The summed E-state index contributed by atoms with van der Waals surface area (Å²) in [5, 5.41) is 6.95. The van der Waals surface area contributed by atoms with Crippen LogP contribution in [-0.2, 0) is 17.8 Å². The van der Waals surface area contributed by atoms with Crippen LogP contribution in [0.15, 0.2) is 72.2 Å². The van der Waals surface area contributed by atoms with Crippen molar-refractivity contribution in [1.82, 2.24) is 15.3 Å². The minimum Gasteiger partial charge on any atom is -0.350 e. The fourth-order valence-corrected chi connectivity index (χ4v) is 3.66. The lowest BCUT2D eigenvalue weighted by molar-refractivity contribution is -0.120. The van der Waals surface area contributed by atoms with Gasteiger partial charge >= 0.3 is 0 Å². The van der Waals surface area contributed by atoms with E-state index in [-0.39, 0.29) is 5.91 Å². The molecule has 0 aliphatic rings. The van der Waals surface area contributed by atoms with Gasteiger partial charge in [-0.1, -0.05) is 54.6 Å². The van der Waals surface area contributed by atoms with Crippen LogP contribution in [0, 0.1) is 0 Å².